The average Bonchev–Trinajstić information content (AvgIpc) is 2.89. The van der Waals surface area contributed by atoms with Crippen LogP contribution in [0.1, 0.15) is 30.7 Å². The summed E-state index contributed by atoms with van der Waals surface area (Å²) in [5.41, 5.74) is 2.84. The smallest absolute Gasteiger partial charge is 0.0469 e. The highest BCUT2D eigenvalue weighted by atomic mass is 16.5. The van der Waals surface area contributed by atoms with Crippen LogP contribution in [0.15, 0.2) is 24.3 Å². The van der Waals surface area contributed by atoms with Gasteiger partial charge in [0.25, 0.3) is 0 Å². The maximum Gasteiger partial charge on any atom is 0.0469 e. The first-order chi connectivity index (χ1) is 9.83. The summed E-state index contributed by atoms with van der Waals surface area (Å²) >= 11 is 0. The Kier molecular flexibility index (Phi) is 4.58. The van der Waals surface area contributed by atoms with Crippen LogP contribution in [0.2, 0.25) is 0 Å². The number of fused-ring (bicyclic) bond motifs is 1. The Balaban J connectivity index is 1.45. The average molecular weight is 274 g/mol. The number of hydrogen-bond acceptors (Lipinski definition) is 3. The van der Waals surface area contributed by atoms with Crippen molar-refractivity contribution in [1.82, 2.24) is 4.90 Å². The second-order valence-electron chi connectivity index (χ2n) is 6.27. The number of benzene rings is 1. The summed E-state index contributed by atoms with van der Waals surface area (Å²) in [5, 5.41) is 3.52. The molecule has 3 nitrogen and oxygen atoms in total. The lowest BCUT2D eigenvalue weighted by Gasteiger charge is -2.27. The zero-order chi connectivity index (χ0) is 13.8. The number of rotatable bonds is 5. The Morgan fingerprint density at radius 2 is 2.05 bits per heavy atom. The summed E-state index contributed by atoms with van der Waals surface area (Å²) in [4.78, 5) is 2.51. The van der Waals surface area contributed by atoms with E-state index >= 15 is 0 Å². The van der Waals surface area contributed by atoms with E-state index in [9.17, 15) is 0 Å². The molecule has 0 saturated carbocycles. The van der Waals surface area contributed by atoms with Crippen LogP contribution < -0.4 is 5.32 Å². The van der Waals surface area contributed by atoms with Gasteiger partial charge < -0.3 is 15.0 Å². The van der Waals surface area contributed by atoms with E-state index in [1.807, 2.05) is 0 Å². The molecule has 1 aromatic rings. The van der Waals surface area contributed by atoms with Crippen molar-refractivity contribution in [3.05, 3.63) is 29.8 Å². The SMILES string of the molecule is CN(CCC1CNc2ccccc21)CC1CCOCC1. The second kappa shape index (κ2) is 6.59. The lowest BCUT2D eigenvalue weighted by atomic mass is 9.96. The molecule has 1 atom stereocenters. The van der Waals surface area contributed by atoms with Gasteiger partial charge in [-0.2, -0.15) is 0 Å². The summed E-state index contributed by atoms with van der Waals surface area (Å²) in [7, 11) is 2.27. The van der Waals surface area contributed by atoms with Gasteiger partial charge in [0.2, 0.25) is 0 Å². The second-order valence-corrected chi connectivity index (χ2v) is 6.27. The third kappa shape index (κ3) is 3.33. The Labute approximate surface area is 122 Å². The van der Waals surface area contributed by atoms with Crippen LogP contribution in [-0.2, 0) is 4.74 Å². The van der Waals surface area contributed by atoms with Crippen molar-refractivity contribution in [2.24, 2.45) is 5.92 Å². The number of para-hydroxylation sites is 1. The fourth-order valence-electron chi connectivity index (χ4n) is 3.45. The minimum atomic E-state index is 0.684. The normalized spacial score (nSPS) is 22.8. The van der Waals surface area contributed by atoms with Gasteiger partial charge in [-0.15, -0.1) is 0 Å². The molecule has 0 bridgehead atoms. The van der Waals surface area contributed by atoms with Crippen molar-refractivity contribution in [2.45, 2.75) is 25.2 Å². The van der Waals surface area contributed by atoms with Gasteiger partial charge >= 0.3 is 0 Å². The van der Waals surface area contributed by atoms with Crippen molar-refractivity contribution >= 4 is 5.69 Å². The van der Waals surface area contributed by atoms with Gasteiger partial charge in [-0.05, 0) is 50.4 Å². The lowest BCUT2D eigenvalue weighted by Crippen LogP contribution is -2.31. The van der Waals surface area contributed by atoms with Crippen molar-refractivity contribution in [2.75, 3.05) is 45.2 Å². The third-order valence-electron chi connectivity index (χ3n) is 4.71. The van der Waals surface area contributed by atoms with Crippen LogP contribution in [-0.4, -0.2) is 44.8 Å². The molecule has 1 aromatic carbocycles. The Morgan fingerprint density at radius 3 is 2.90 bits per heavy atom. The standard InChI is InChI=1S/C17H26N2O/c1-19(13-14-7-10-20-11-8-14)9-6-15-12-18-17-5-3-2-4-16(15)17/h2-5,14-15,18H,6-13H2,1H3. The van der Waals surface area contributed by atoms with Crippen molar-refractivity contribution < 1.29 is 4.74 Å². The van der Waals surface area contributed by atoms with E-state index in [1.165, 1.54) is 43.6 Å². The van der Waals surface area contributed by atoms with Crippen LogP contribution in [0, 0.1) is 5.92 Å². The van der Waals surface area contributed by atoms with E-state index < -0.39 is 0 Å². The first kappa shape index (κ1) is 13.9. The van der Waals surface area contributed by atoms with Crippen LogP contribution in [0.3, 0.4) is 0 Å². The maximum atomic E-state index is 5.43. The van der Waals surface area contributed by atoms with Crippen LogP contribution in [0.4, 0.5) is 5.69 Å². The fraction of sp³-hybridized carbons (Fsp3) is 0.647. The molecule has 110 valence electrons. The number of nitrogens with one attached hydrogen (secondary N) is 1. The first-order valence-corrected chi connectivity index (χ1v) is 7.92. The Bertz CT molecular complexity index is 429. The topological polar surface area (TPSA) is 24.5 Å². The third-order valence-corrected chi connectivity index (χ3v) is 4.71. The summed E-state index contributed by atoms with van der Waals surface area (Å²) in [6, 6.07) is 8.75. The fourth-order valence-corrected chi connectivity index (χ4v) is 3.45. The summed E-state index contributed by atoms with van der Waals surface area (Å²) in [6.07, 6.45) is 3.72. The monoisotopic (exact) mass is 274 g/mol. The van der Waals surface area contributed by atoms with Crippen LogP contribution in [0.5, 0.6) is 0 Å². The van der Waals surface area contributed by atoms with Gasteiger partial charge in [0.1, 0.15) is 0 Å². The molecule has 3 heteroatoms. The number of ether oxygens (including phenoxy) is 1. The molecule has 2 aliphatic rings. The van der Waals surface area contributed by atoms with Gasteiger partial charge in [0, 0.05) is 37.9 Å². The van der Waals surface area contributed by atoms with Gasteiger partial charge in [-0.25, -0.2) is 0 Å². The van der Waals surface area contributed by atoms with E-state index in [1.54, 1.807) is 0 Å². The maximum absolute atomic E-state index is 5.43. The summed E-state index contributed by atoms with van der Waals surface area (Å²) < 4.78 is 5.43. The molecule has 1 N–H and O–H groups in total. The van der Waals surface area contributed by atoms with Gasteiger partial charge in [-0.1, -0.05) is 18.2 Å². The van der Waals surface area contributed by atoms with E-state index in [2.05, 4.69) is 41.5 Å². The molecule has 0 amide bonds. The highest BCUT2D eigenvalue weighted by Crippen LogP contribution is 2.33. The predicted octanol–water partition coefficient (Wildman–Crippen LogP) is 2.94. The summed E-state index contributed by atoms with van der Waals surface area (Å²) in [6.45, 7) is 5.44. The zero-order valence-corrected chi connectivity index (χ0v) is 12.5. The van der Waals surface area contributed by atoms with E-state index in [0.717, 1.165) is 25.7 Å². The van der Waals surface area contributed by atoms with E-state index in [0.29, 0.717) is 5.92 Å². The molecule has 1 saturated heterocycles. The van der Waals surface area contributed by atoms with Gasteiger partial charge in [0.15, 0.2) is 0 Å². The van der Waals surface area contributed by atoms with E-state index in [4.69, 9.17) is 4.74 Å². The molecule has 3 rings (SSSR count). The quantitative estimate of drug-likeness (QED) is 0.893. The molecule has 2 heterocycles. The minimum Gasteiger partial charge on any atom is -0.384 e. The van der Waals surface area contributed by atoms with Crippen molar-refractivity contribution in [3.63, 3.8) is 0 Å². The minimum absolute atomic E-state index is 0.684. The Hall–Kier alpha value is -1.06. The molecular weight excluding hydrogens is 248 g/mol. The molecule has 2 aliphatic heterocycles. The summed E-state index contributed by atoms with van der Waals surface area (Å²) in [5.74, 6) is 1.52. The van der Waals surface area contributed by atoms with Crippen molar-refractivity contribution in [1.29, 1.82) is 0 Å². The van der Waals surface area contributed by atoms with Gasteiger partial charge in [0.05, 0.1) is 0 Å². The highest BCUT2D eigenvalue weighted by Gasteiger charge is 2.22. The molecule has 0 aromatic heterocycles. The number of hydrogen-bond donors (Lipinski definition) is 1. The zero-order valence-electron chi connectivity index (χ0n) is 12.5. The van der Waals surface area contributed by atoms with Gasteiger partial charge in [-0.3, -0.25) is 0 Å². The Morgan fingerprint density at radius 1 is 1.25 bits per heavy atom. The molecule has 0 radical (unpaired) electrons. The molecule has 1 unspecified atom stereocenters. The van der Waals surface area contributed by atoms with Crippen LogP contribution in [0.25, 0.3) is 0 Å². The van der Waals surface area contributed by atoms with Crippen molar-refractivity contribution in [3.8, 4) is 0 Å². The lowest BCUT2D eigenvalue weighted by molar-refractivity contribution is 0.0555. The molecule has 0 spiro atoms. The molecule has 0 aliphatic carbocycles. The largest absolute Gasteiger partial charge is 0.384 e. The first-order valence-electron chi connectivity index (χ1n) is 7.92. The number of anilines is 1. The molecule has 20 heavy (non-hydrogen) atoms. The molecule has 1 fully saturated rings. The predicted molar refractivity (Wildman–Crippen MR) is 83.3 cm³/mol. The number of nitrogens with zero attached hydrogens (tertiary/aromatic N) is 1. The highest BCUT2D eigenvalue weighted by molar-refractivity contribution is 5.57. The van der Waals surface area contributed by atoms with E-state index in [-0.39, 0.29) is 0 Å². The van der Waals surface area contributed by atoms with Crippen LogP contribution >= 0.6 is 0 Å². The molecular formula is C17H26N2O.